The number of aldehydes is 1. The van der Waals surface area contributed by atoms with Gasteiger partial charge in [-0.1, -0.05) is 0 Å². The van der Waals surface area contributed by atoms with Crippen LogP contribution in [0.1, 0.15) is 0 Å². The molecule has 0 aromatic heterocycles. The van der Waals surface area contributed by atoms with Gasteiger partial charge in [0.15, 0.2) is 0 Å². The highest BCUT2D eigenvalue weighted by atomic mass is 16.1. The molecule has 1 saturated heterocycles. The number of hydrogen-bond acceptors (Lipinski definition) is 2. The molecule has 2 aliphatic rings. The Morgan fingerprint density at radius 1 is 1.38 bits per heavy atom. The lowest BCUT2D eigenvalue weighted by atomic mass is 10.3. The fraction of sp³-hybridized carbons (Fsp3) is 0.833. The molecule has 0 radical (unpaired) electrons. The number of rotatable bonds is 1. The molecule has 0 amide bonds. The van der Waals surface area contributed by atoms with Gasteiger partial charge in [-0.3, -0.25) is 0 Å². The van der Waals surface area contributed by atoms with Crippen LogP contribution in [0, 0.1) is 17.8 Å². The fourth-order valence-corrected chi connectivity index (χ4v) is 1.67. The fourth-order valence-electron chi connectivity index (χ4n) is 1.67. The molecule has 1 aliphatic heterocycles. The molecule has 2 rings (SSSR count). The summed E-state index contributed by atoms with van der Waals surface area (Å²) in [5, 5.41) is 3.23. The van der Waals surface area contributed by atoms with Gasteiger partial charge >= 0.3 is 0 Å². The number of nitrogens with one attached hydrogen (secondary N) is 1. The van der Waals surface area contributed by atoms with Gasteiger partial charge in [-0.2, -0.15) is 0 Å². The van der Waals surface area contributed by atoms with Gasteiger partial charge in [0.2, 0.25) is 0 Å². The lowest BCUT2D eigenvalue weighted by Gasteiger charge is -1.93. The Hall–Kier alpha value is -0.370. The van der Waals surface area contributed by atoms with E-state index in [-0.39, 0.29) is 0 Å². The standard InChI is InChI=1S/C6H9NO/c8-3-6-4-1-7-2-5(4)6/h3-7H,1-2H2/t4-,5+,6?. The third kappa shape index (κ3) is 0.388. The van der Waals surface area contributed by atoms with Crippen molar-refractivity contribution in [3.8, 4) is 0 Å². The van der Waals surface area contributed by atoms with Gasteiger partial charge in [0.25, 0.3) is 0 Å². The van der Waals surface area contributed by atoms with Gasteiger partial charge in [0.1, 0.15) is 6.29 Å². The van der Waals surface area contributed by atoms with Crippen LogP contribution in [0.2, 0.25) is 0 Å². The van der Waals surface area contributed by atoms with Gasteiger partial charge in [0, 0.05) is 5.92 Å². The van der Waals surface area contributed by atoms with E-state index in [1.54, 1.807) is 0 Å². The second-order valence-corrected chi connectivity index (χ2v) is 2.70. The van der Waals surface area contributed by atoms with E-state index >= 15 is 0 Å². The molecule has 44 valence electrons. The SMILES string of the molecule is O=CC1[C@H]2CNC[C@@H]12. The molecule has 2 heteroatoms. The Balaban J connectivity index is 2.03. The molecule has 1 N–H and O–H groups in total. The van der Waals surface area contributed by atoms with Gasteiger partial charge in [0.05, 0.1) is 0 Å². The molecule has 3 atom stereocenters. The number of carbonyl (C=O) groups is 1. The number of hydrogen-bond donors (Lipinski definition) is 1. The Morgan fingerprint density at radius 3 is 2.38 bits per heavy atom. The van der Waals surface area contributed by atoms with Crippen molar-refractivity contribution in [2.24, 2.45) is 17.8 Å². The minimum Gasteiger partial charge on any atom is -0.316 e. The predicted octanol–water partition coefficient (Wildman–Crippen LogP) is -0.349. The molecule has 0 spiro atoms. The Morgan fingerprint density at radius 2 is 2.00 bits per heavy atom. The summed E-state index contributed by atoms with van der Waals surface area (Å²) < 4.78 is 0. The molecule has 2 fully saturated rings. The average molecular weight is 111 g/mol. The number of fused-ring (bicyclic) bond motifs is 1. The van der Waals surface area contributed by atoms with Gasteiger partial charge in [-0.15, -0.1) is 0 Å². The second-order valence-electron chi connectivity index (χ2n) is 2.70. The van der Waals surface area contributed by atoms with Crippen LogP contribution in [0.5, 0.6) is 0 Å². The minimum atomic E-state index is 0.427. The molecule has 1 saturated carbocycles. The Kier molecular flexibility index (Phi) is 0.742. The zero-order chi connectivity index (χ0) is 5.56. The van der Waals surface area contributed by atoms with Crippen LogP contribution in [0.3, 0.4) is 0 Å². The second kappa shape index (κ2) is 1.32. The quantitative estimate of drug-likeness (QED) is 0.469. The van der Waals surface area contributed by atoms with E-state index in [2.05, 4.69) is 5.32 Å². The van der Waals surface area contributed by atoms with Crippen LogP contribution in [0.4, 0.5) is 0 Å². The molecule has 0 aromatic rings. The van der Waals surface area contributed by atoms with Crippen LogP contribution >= 0.6 is 0 Å². The summed E-state index contributed by atoms with van der Waals surface area (Å²) >= 11 is 0. The smallest absolute Gasteiger partial charge is 0.123 e. The summed E-state index contributed by atoms with van der Waals surface area (Å²) in [5.74, 6) is 1.86. The molecule has 1 unspecified atom stereocenters. The van der Waals surface area contributed by atoms with Crippen molar-refractivity contribution in [2.75, 3.05) is 13.1 Å². The predicted molar refractivity (Wildman–Crippen MR) is 29.4 cm³/mol. The van der Waals surface area contributed by atoms with Crippen molar-refractivity contribution in [3.63, 3.8) is 0 Å². The van der Waals surface area contributed by atoms with Crippen LogP contribution in [0.15, 0.2) is 0 Å². The van der Waals surface area contributed by atoms with Crippen molar-refractivity contribution in [1.82, 2.24) is 5.32 Å². The largest absolute Gasteiger partial charge is 0.316 e. The summed E-state index contributed by atoms with van der Waals surface area (Å²) in [6.45, 7) is 2.15. The minimum absolute atomic E-state index is 0.427. The van der Waals surface area contributed by atoms with E-state index in [1.165, 1.54) is 0 Å². The van der Waals surface area contributed by atoms with Crippen molar-refractivity contribution in [1.29, 1.82) is 0 Å². The summed E-state index contributed by atoms with van der Waals surface area (Å²) in [5.41, 5.74) is 0. The zero-order valence-corrected chi connectivity index (χ0v) is 4.63. The highest BCUT2D eigenvalue weighted by molar-refractivity contribution is 5.60. The summed E-state index contributed by atoms with van der Waals surface area (Å²) in [6.07, 6.45) is 1.11. The van der Waals surface area contributed by atoms with E-state index in [1.807, 2.05) is 0 Å². The van der Waals surface area contributed by atoms with Crippen LogP contribution < -0.4 is 5.32 Å². The topological polar surface area (TPSA) is 29.1 Å². The third-order valence-electron chi connectivity index (χ3n) is 2.32. The Labute approximate surface area is 48.3 Å². The van der Waals surface area contributed by atoms with E-state index in [0.717, 1.165) is 19.4 Å². The molecule has 0 bridgehead atoms. The number of piperidine rings is 1. The van der Waals surface area contributed by atoms with E-state index in [0.29, 0.717) is 17.8 Å². The molecule has 1 aliphatic carbocycles. The van der Waals surface area contributed by atoms with Crippen molar-refractivity contribution >= 4 is 6.29 Å². The highest BCUT2D eigenvalue weighted by Gasteiger charge is 2.52. The van der Waals surface area contributed by atoms with Gasteiger partial charge < -0.3 is 10.1 Å². The van der Waals surface area contributed by atoms with Crippen molar-refractivity contribution in [3.05, 3.63) is 0 Å². The monoisotopic (exact) mass is 111 g/mol. The van der Waals surface area contributed by atoms with Crippen LogP contribution in [0.25, 0.3) is 0 Å². The molecule has 8 heavy (non-hydrogen) atoms. The third-order valence-corrected chi connectivity index (χ3v) is 2.32. The normalized spacial score (nSPS) is 50.8. The van der Waals surface area contributed by atoms with E-state index < -0.39 is 0 Å². The Bertz CT molecular complexity index is 114. The summed E-state index contributed by atoms with van der Waals surface area (Å²) in [7, 11) is 0. The first kappa shape index (κ1) is 4.50. The maximum absolute atomic E-state index is 10.2. The molecule has 2 nitrogen and oxygen atoms in total. The van der Waals surface area contributed by atoms with Gasteiger partial charge in [-0.05, 0) is 24.9 Å². The van der Waals surface area contributed by atoms with E-state index in [9.17, 15) is 4.79 Å². The average Bonchev–Trinajstić information content (AvgIpc) is 2.22. The van der Waals surface area contributed by atoms with Gasteiger partial charge in [-0.25, -0.2) is 0 Å². The molecule has 0 aromatic carbocycles. The first-order valence-electron chi connectivity index (χ1n) is 3.09. The lowest BCUT2D eigenvalue weighted by Crippen LogP contribution is -2.14. The first-order chi connectivity index (χ1) is 3.93. The van der Waals surface area contributed by atoms with Crippen molar-refractivity contribution in [2.45, 2.75) is 0 Å². The summed E-state index contributed by atoms with van der Waals surface area (Å²) in [4.78, 5) is 10.2. The van der Waals surface area contributed by atoms with Crippen LogP contribution in [-0.4, -0.2) is 19.4 Å². The molecular weight excluding hydrogens is 102 g/mol. The van der Waals surface area contributed by atoms with Crippen LogP contribution in [-0.2, 0) is 4.79 Å². The first-order valence-corrected chi connectivity index (χ1v) is 3.09. The number of carbonyl (C=O) groups excluding carboxylic acids is 1. The zero-order valence-electron chi connectivity index (χ0n) is 4.63. The molecular formula is C6H9NO. The lowest BCUT2D eigenvalue weighted by molar-refractivity contribution is -0.109. The highest BCUT2D eigenvalue weighted by Crippen LogP contribution is 2.46. The van der Waals surface area contributed by atoms with E-state index in [4.69, 9.17) is 0 Å². The summed E-state index contributed by atoms with van der Waals surface area (Å²) in [6, 6.07) is 0. The maximum Gasteiger partial charge on any atom is 0.123 e. The van der Waals surface area contributed by atoms with Crippen molar-refractivity contribution < 1.29 is 4.79 Å². The maximum atomic E-state index is 10.2. The molecule has 1 heterocycles.